The third kappa shape index (κ3) is 1.91. The second-order valence-corrected chi connectivity index (χ2v) is 5.35. The third-order valence-corrected chi connectivity index (χ3v) is 4.29. The molecule has 110 valence electrons. The Bertz CT molecular complexity index is 525. The van der Waals surface area contributed by atoms with Crippen molar-refractivity contribution in [2.75, 3.05) is 6.61 Å². The van der Waals surface area contributed by atoms with Crippen molar-refractivity contribution >= 4 is 5.91 Å². The van der Waals surface area contributed by atoms with Crippen LogP contribution >= 0.6 is 0 Å². The average molecular weight is 289 g/mol. The van der Waals surface area contributed by atoms with Crippen LogP contribution in [-0.2, 0) is 6.18 Å². The molecule has 20 heavy (non-hydrogen) atoms. The van der Waals surface area contributed by atoms with Gasteiger partial charge < -0.3 is 14.4 Å². The zero-order valence-corrected chi connectivity index (χ0v) is 10.6. The van der Waals surface area contributed by atoms with Crippen molar-refractivity contribution in [1.82, 2.24) is 4.90 Å². The quantitative estimate of drug-likeness (QED) is 0.908. The van der Waals surface area contributed by atoms with Gasteiger partial charge in [0.15, 0.2) is 0 Å². The van der Waals surface area contributed by atoms with E-state index in [2.05, 4.69) is 4.42 Å². The van der Waals surface area contributed by atoms with Gasteiger partial charge >= 0.3 is 6.18 Å². The summed E-state index contributed by atoms with van der Waals surface area (Å²) in [7, 11) is 0. The molecule has 2 fully saturated rings. The lowest BCUT2D eigenvalue weighted by Crippen LogP contribution is -2.37. The molecule has 2 saturated heterocycles. The minimum atomic E-state index is -4.68. The first-order chi connectivity index (χ1) is 9.43. The van der Waals surface area contributed by atoms with Crippen molar-refractivity contribution in [3.05, 3.63) is 23.7 Å². The van der Waals surface area contributed by atoms with E-state index in [4.69, 9.17) is 0 Å². The van der Waals surface area contributed by atoms with Gasteiger partial charge in [-0.3, -0.25) is 4.79 Å². The van der Waals surface area contributed by atoms with E-state index in [0.717, 1.165) is 25.2 Å². The summed E-state index contributed by atoms with van der Waals surface area (Å²) in [5.74, 6) is -1.91. The monoisotopic (exact) mass is 289 g/mol. The number of amides is 1. The number of halogens is 3. The standard InChI is InChI=1S/C13H14F3NO3/c14-13(15,16)11-9(3-4-20-11)12(19)17-8-1-2-10(17)7(5-8)6-18/h3-4,7-8,10,18H,1-2,5-6H2. The van der Waals surface area contributed by atoms with Crippen LogP contribution in [0.1, 0.15) is 35.4 Å². The van der Waals surface area contributed by atoms with Crippen LogP contribution in [-0.4, -0.2) is 34.6 Å². The summed E-state index contributed by atoms with van der Waals surface area (Å²) in [6.07, 6.45) is -1.61. The maximum Gasteiger partial charge on any atom is 0.450 e. The van der Waals surface area contributed by atoms with E-state index < -0.39 is 23.4 Å². The molecule has 1 aromatic heterocycles. The van der Waals surface area contributed by atoms with Gasteiger partial charge in [-0.1, -0.05) is 0 Å². The van der Waals surface area contributed by atoms with Gasteiger partial charge in [0.25, 0.3) is 5.91 Å². The van der Waals surface area contributed by atoms with Gasteiger partial charge in [0.2, 0.25) is 5.76 Å². The molecular formula is C13H14F3NO3. The summed E-state index contributed by atoms with van der Waals surface area (Å²) in [4.78, 5) is 13.9. The smallest absolute Gasteiger partial charge is 0.450 e. The Balaban J connectivity index is 1.90. The lowest BCUT2D eigenvalue weighted by Gasteiger charge is -2.23. The van der Waals surface area contributed by atoms with Crippen molar-refractivity contribution in [2.24, 2.45) is 5.92 Å². The van der Waals surface area contributed by atoms with Crippen molar-refractivity contribution in [3.8, 4) is 0 Å². The number of aliphatic hydroxyl groups is 1. The molecule has 3 unspecified atom stereocenters. The molecule has 4 nitrogen and oxygen atoms in total. The van der Waals surface area contributed by atoms with Crippen LogP contribution in [0.25, 0.3) is 0 Å². The SMILES string of the molecule is O=C(c1ccoc1C(F)(F)F)N1C2CCC1C(CO)C2. The van der Waals surface area contributed by atoms with Crippen molar-refractivity contribution in [1.29, 1.82) is 0 Å². The van der Waals surface area contributed by atoms with Crippen LogP contribution in [0.4, 0.5) is 13.2 Å². The van der Waals surface area contributed by atoms with E-state index in [9.17, 15) is 23.1 Å². The zero-order chi connectivity index (χ0) is 14.5. The van der Waals surface area contributed by atoms with E-state index in [1.54, 1.807) is 0 Å². The number of rotatable bonds is 2. The molecule has 7 heteroatoms. The van der Waals surface area contributed by atoms with Crippen LogP contribution in [0, 0.1) is 5.92 Å². The number of carbonyl (C=O) groups excluding carboxylic acids is 1. The first-order valence-electron chi connectivity index (χ1n) is 6.51. The fraction of sp³-hybridized carbons (Fsp3) is 0.615. The van der Waals surface area contributed by atoms with Gasteiger partial charge in [0.1, 0.15) is 0 Å². The maximum atomic E-state index is 12.8. The Morgan fingerprint density at radius 3 is 2.80 bits per heavy atom. The molecule has 2 aliphatic heterocycles. The normalized spacial score (nSPS) is 29.2. The Morgan fingerprint density at radius 1 is 1.45 bits per heavy atom. The van der Waals surface area contributed by atoms with Gasteiger partial charge in [-0.25, -0.2) is 0 Å². The summed E-state index contributed by atoms with van der Waals surface area (Å²) in [6, 6.07) is 0.839. The second kappa shape index (κ2) is 4.51. The van der Waals surface area contributed by atoms with Gasteiger partial charge in [0, 0.05) is 24.6 Å². The first kappa shape index (κ1) is 13.5. The van der Waals surface area contributed by atoms with Gasteiger partial charge in [-0.05, 0) is 25.3 Å². The largest absolute Gasteiger partial charge is 0.459 e. The molecule has 0 radical (unpaired) electrons. The van der Waals surface area contributed by atoms with E-state index in [1.807, 2.05) is 0 Å². The van der Waals surface area contributed by atoms with Crippen LogP contribution in [0.15, 0.2) is 16.7 Å². The topological polar surface area (TPSA) is 53.7 Å². The molecule has 0 aliphatic carbocycles. The molecule has 3 heterocycles. The number of fused-ring (bicyclic) bond motifs is 2. The Kier molecular flexibility index (Phi) is 3.04. The molecule has 2 bridgehead atoms. The Hall–Kier alpha value is -1.50. The fourth-order valence-corrected chi connectivity index (χ4v) is 3.46. The molecule has 2 aliphatic rings. The number of alkyl halides is 3. The Labute approximate surface area is 113 Å². The highest BCUT2D eigenvalue weighted by molar-refractivity contribution is 5.96. The summed E-state index contributed by atoms with van der Waals surface area (Å²) in [6.45, 7) is -0.0392. The van der Waals surface area contributed by atoms with E-state index in [1.165, 1.54) is 4.90 Å². The highest BCUT2D eigenvalue weighted by atomic mass is 19.4. The van der Waals surface area contributed by atoms with E-state index in [0.29, 0.717) is 6.42 Å². The Morgan fingerprint density at radius 2 is 2.20 bits per heavy atom. The maximum absolute atomic E-state index is 12.8. The molecule has 1 N–H and O–H groups in total. The lowest BCUT2D eigenvalue weighted by molar-refractivity contribution is -0.153. The molecule has 1 amide bonds. The third-order valence-electron chi connectivity index (χ3n) is 4.29. The van der Waals surface area contributed by atoms with Crippen LogP contribution in [0.2, 0.25) is 0 Å². The predicted molar refractivity (Wildman–Crippen MR) is 61.9 cm³/mol. The van der Waals surface area contributed by atoms with Crippen molar-refractivity contribution < 1.29 is 27.5 Å². The van der Waals surface area contributed by atoms with Gasteiger partial charge in [-0.15, -0.1) is 0 Å². The molecule has 0 aromatic carbocycles. The number of carbonyl (C=O) groups is 1. The van der Waals surface area contributed by atoms with Crippen LogP contribution in [0.5, 0.6) is 0 Å². The van der Waals surface area contributed by atoms with Crippen molar-refractivity contribution in [2.45, 2.75) is 37.5 Å². The number of hydrogen-bond acceptors (Lipinski definition) is 3. The predicted octanol–water partition coefficient (Wildman–Crippen LogP) is 2.28. The minimum absolute atomic E-state index is 0.0288. The van der Waals surface area contributed by atoms with Gasteiger partial charge in [-0.2, -0.15) is 13.2 Å². The summed E-state index contributed by atoms with van der Waals surface area (Å²) >= 11 is 0. The summed E-state index contributed by atoms with van der Waals surface area (Å²) in [5.41, 5.74) is -0.437. The summed E-state index contributed by atoms with van der Waals surface area (Å²) < 4.78 is 42.8. The molecule has 3 rings (SSSR count). The van der Waals surface area contributed by atoms with Crippen LogP contribution < -0.4 is 0 Å². The van der Waals surface area contributed by atoms with Crippen molar-refractivity contribution in [3.63, 3.8) is 0 Å². The van der Waals surface area contributed by atoms with E-state index in [-0.39, 0.29) is 24.6 Å². The average Bonchev–Trinajstić information content (AvgIpc) is 3.10. The first-order valence-corrected chi connectivity index (χ1v) is 6.51. The summed E-state index contributed by atoms with van der Waals surface area (Å²) in [5, 5.41) is 9.27. The number of nitrogens with zero attached hydrogens (tertiary/aromatic N) is 1. The lowest BCUT2D eigenvalue weighted by atomic mass is 9.90. The van der Waals surface area contributed by atoms with Gasteiger partial charge in [0.05, 0.1) is 11.8 Å². The molecule has 3 atom stereocenters. The molecule has 0 saturated carbocycles. The van der Waals surface area contributed by atoms with E-state index >= 15 is 0 Å². The molecule has 0 spiro atoms. The number of aliphatic hydroxyl groups excluding tert-OH is 1. The van der Waals surface area contributed by atoms with Crippen LogP contribution in [0.3, 0.4) is 0 Å². The number of furan rings is 1. The second-order valence-electron chi connectivity index (χ2n) is 5.35. The minimum Gasteiger partial charge on any atom is -0.459 e. The number of hydrogen-bond donors (Lipinski definition) is 1. The molecular weight excluding hydrogens is 275 g/mol. The fourth-order valence-electron chi connectivity index (χ4n) is 3.46. The molecule has 1 aromatic rings. The highest BCUT2D eigenvalue weighted by Crippen LogP contribution is 2.43. The highest BCUT2D eigenvalue weighted by Gasteiger charge is 2.50. The zero-order valence-electron chi connectivity index (χ0n) is 10.6.